The van der Waals surface area contributed by atoms with Gasteiger partial charge in [0.1, 0.15) is 5.75 Å². The molecule has 1 aliphatic heterocycles. The van der Waals surface area contributed by atoms with Crippen molar-refractivity contribution in [3.63, 3.8) is 0 Å². The highest BCUT2D eigenvalue weighted by molar-refractivity contribution is 5.68. The lowest BCUT2D eigenvalue weighted by Crippen LogP contribution is -2.38. The Bertz CT molecular complexity index is 750. The van der Waals surface area contributed by atoms with Gasteiger partial charge in [-0.3, -0.25) is 0 Å². The van der Waals surface area contributed by atoms with Gasteiger partial charge in [-0.25, -0.2) is 14.8 Å². The number of piperidine rings is 1. The molecule has 2 aromatic rings. The lowest BCUT2D eigenvalue weighted by atomic mass is 9.94. The molecule has 1 aliphatic rings. The number of aromatic hydroxyl groups is 1. The zero-order chi connectivity index (χ0) is 17.1. The minimum Gasteiger partial charge on any atom is -0.507 e. The number of anilines is 1. The number of aromatic nitrogens is 2. The number of phenols is 1. The highest BCUT2D eigenvalue weighted by atomic mass is 16.4. The van der Waals surface area contributed by atoms with Crippen LogP contribution in [0.1, 0.15) is 24.5 Å². The number of rotatable bonds is 3. The Morgan fingerprint density at radius 2 is 2.12 bits per heavy atom. The lowest BCUT2D eigenvalue weighted by molar-refractivity contribution is 0.130. The van der Waals surface area contributed by atoms with E-state index < -0.39 is 6.09 Å². The van der Waals surface area contributed by atoms with E-state index in [0.29, 0.717) is 30.3 Å². The molecule has 3 N–H and O–H groups in total. The standard InChI is InChI=1S/C17H20N4O3/c1-18-16-19-13(11-5-4-8-21(10-11)17(23)24)9-14(20-16)12-6-2-3-7-15(12)22/h2-3,6-7,9,11,22H,4-5,8,10H2,1H3,(H,23,24)(H,18,19,20). The summed E-state index contributed by atoms with van der Waals surface area (Å²) in [6.45, 7) is 0.984. The summed E-state index contributed by atoms with van der Waals surface area (Å²) >= 11 is 0. The van der Waals surface area contributed by atoms with Crippen LogP contribution in [0.5, 0.6) is 5.75 Å². The molecule has 0 spiro atoms. The Labute approximate surface area is 140 Å². The molecule has 1 aromatic heterocycles. The van der Waals surface area contributed by atoms with Crippen LogP contribution in [-0.2, 0) is 0 Å². The molecule has 0 saturated carbocycles. The van der Waals surface area contributed by atoms with E-state index in [1.54, 1.807) is 25.2 Å². The molecule has 126 valence electrons. The van der Waals surface area contributed by atoms with Crippen LogP contribution >= 0.6 is 0 Å². The monoisotopic (exact) mass is 328 g/mol. The summed E-state index contributed by atoms with van der Waals surface area (Å²) in [5.41, 5.74) is 2.04. The van der Waals surface area contributed by atoms with E-state index in [-0.39, 0.29) is 11.7 Å². The number of hydrogen-bond donors (Lipinski definition) is 3. The molecule has 0 bridgehead atoms. The van der Waals surface area contributed by atoms with Gasteiger partial charge in [-0.15, -0.1) is 0 Å². The van der Waals surface area contributed by atoms with Crippen molar-refractivity contribution < 1.29 is 15.0 Å². The van der Waals surface area contributed by atoms with E-state index in [0.717, 1.165) is 18.5 Å². The third-order valence-corrected chi connectivity index (χ3v) is 4.26. The summed E-state index contributed by atoms with van der Waals surface area (Å²) in [5, 5.41) is 22.2. The molecule has 0 radical (unpaired) electrons. The smallest absolute Gasteiger partial charge is 0.407 e. The molecule has 1 atom stereocenters. The predicted molar refractivity (Wildman–Crippen MR) is 90.3 cm³/mol. The maximum absolute atomic E-state index is 11.2. The van der Waals surface area contributed by atoms with Crippen molar-refractivity contribution in [2.24, 2.45) is 0 Å². The van der Waals surface area contributed by atoms with Crippen LogP contribution in [0.2, 0.25) is 0 Å². The van der Waals surface area contributed by atoms with E-state index >= 15 is 0 Å². The first-order valence-corrected chi connectivity index (χ1v) is 7.91. The van der Waals surface area contributed by atoms with Crippen LogP contribution in [0.4, 0.5) is 10.7 Å². The number of carbonyl (C=O) groups is 1. The molecule has 1 fully saturated rings. The fourth-order valence-electron chi connectivity index (χ4n) is 3.01. The highest BCUT2D eigenvalue weighted by Crippen LogP contribution is 2.32. The summed E-state index contributed by atoms with van der Waals surface area (Å²) in [7, 11) is 1.73. The van der Waals surface area contributed by atoms with Crippen molar-refractivity contribution in [1.82, 2.24) is 14.9 Å². The summed E-state index contributed by atoms with van der Waals surface area (Å²) in [6, 6.07) is 8.84. The molecular weight excluding hydrogens is 308 g/mol. The summed E-state index contributed by atoms with van der Waals surface area (Å²) in [4.78, 5) is 21.6. The number of phenolic OH excluding ortho intramolecular Hbond substituents is 1. The van der Waals surface area contributed by atoms with Crippen molar-refractivity contribution in [3.05, 3.63) is 36.0 Å². The predicted octanol–water partition coefficient (Wildman–Crippen LogP) is 2.75. The number of amides is 1. The van der Waals surface area contributed by atoms with Gasteiger partial charge in [0.15, 0.2) is 0 Å². The first-order chi connectivity index (χ1) is 11.6. The number of para-hydroxylation sites is 1. The van der Waals surface area contributed by atoms with E-state index in [1.807, 2.05) is 12.1 Å². The second kappa shape index (κ2) is 6.74. The van der Waals surface area contributed by atoms with Crippen molar-refractivity contribution >= 4 is 12.0 Å². The molecule has 2 heterocycles. The molecule has 1 amide bonds. The number of hydrogen-bond acceptors (Lipinski definition) is 5. The van der Waals surface area contributed by atoms with E-state index in [9.17, 15) is 15.0 Å². The van der Waals surface area contributed by atoms with Crippen molar-refractivity contribution in [1.29, 1.82) is 0 Å². The number of benzene rings is 1. The largest absolute Gasteiger partial charge is 0.507 e. The SMILES string of the molecule is CNc1nc(-c2ccccc2O)cc(C2CCCN(C(=O)O)C2)n1. The molecule has 1 aromatic carbocycles. The van der Waals surface area contributed by atoms with Crippen LogP contribution in [0.25, 0.3) is 11.3 Å². The maximum Gasteiger partial charge on any atom is 0.407 e. The van der Waals surface area contributed by atoms with Crippen molar-refractivity contribution in [2.75, 3.05) is 25.5 Å². The molecular formula is C17H20N4O3. The van der Waals surface area contributed by atoms with Crippen LogP contribution in [0.3, 0.4) is 0 Å². The number of nitrogens with zero attached hydrogens (tertiary/aromatic N) is 3. The summed E-state index contributed by atoms with van der Waals surface area (Å²) < 4.78 is 0. The van der Waals surface area contributed by atoms with E-state index in [2.05, 4.69) is 15.3 Å². The van der Waals surface area contributed by atoms with Gasteiger partial charge in [0.2, 0.25) is 5.95 Å². The zero-order valence-electron chi connectivity index (χ0n) is 13.4. The highest BCUT2D eigenvalue weighted by Gasteiger charge is 2.26. The molecule has 0 aliphatic carbocycles. The van der Waals surface area contributed by atoms with Crippen LogP contribution in [-0.4, -0.2) is 51.3 Å². The fourth-order valence-corrected chi connectivity index (χ4v) is 3.01. The van der Waals surface area contributed by atoms with Crippen LogP contribution in [0, 0.1) is 0 Å². The van der Waals surface area contributed by atoms with Gasteiger partial charge in [-0.2, -0.15) is 0 Å². The minimum absolute atomic E-state index is 0.0227. The van der Waals surface area contributed by atoms with Gasteiger partial charge in [-0.1, -0.05) is 12.1 Å². The van der Waals surface area contributed by atoms with Crippen molar-refractivity contribution in [2.45, 2.75) is 18.8 Å². The third-order valence-electron chi connectivity index (χ3n) is 4.26. The molecule has 1 unspecified atom stereocenters. The van der Waals surface area contributed by atoms with Gasteiger partial charge in [0.25, 0.3) is 0 Å². The van der Waals surface area contributed by atoms with Gasteiger partial charge < -0.3 is 20.4 Å². The first-order valence-electron chi connectivity index (χ1n) is 7.91. The van der Waals surface area contributed by atoms with Crippen molar-refractivity contribution in [3.8, 4) is 17.0 Å². The van der Waals surface area contributed by atoms with E-state index in [4.69, 9.17) is 0 Å². The second-order valence-corrected chi connectivity index (χ2v) is 5.84. The fraction of sp³-hybridized carbons (Fsp3) is 0.353. The average molecular weight is 328 g/mol. The first kappa shape index (κ1) is 16.0. The van der Waals surface area contributed by atoms with Gasteiger partial charge in [0, 0.05) is 31.6 Å². The second-order valence-electron chi connectivity index (χ2n) is 5.84. The van der Waals surface area contributed by atoms with Crippen LogP contribution in [0.15, 0.2) is 30.3 Å². The Balaban J connectivity index is 1.98. The third kappa shape index (κ3) is 3.24. The maximum atomic E-state index is 11.2. The molecule has 3 rings (SSSR count). The van der Waals surface area contributed by atoms with Gasteiger partial charge in [-0.05, 0) is 31.0 Å². The Morgan fingerprint density at radius 3 is 2.83 bits per heavy atom. The Kier molecular flexibility index (Phi) is 4.50. The Hall–Kier alpha value is -2.83. The topological polar surface area (TPSA) is 98.6 Å². The molecule has 1 saturated heterocycles. The summed E-state index contributed by atoms with van der Waals surface area (Å²) in [5.74, 6) is 0.632. The quantitative estimate of drug-likeness (QED) is 0.801. The number of nitrogens with one attached hydrogen (secondary N) is 1. The average Bonchev–Trinajstić information content (AvgIpc) is 2.61. The zero-order valence-corrected chi connectivity index (χ0v) is 13.4. The molecule has 24 heavy (non-hydrogen) atoms. The minimum atomic E-state index is -0.900. The summed E-state index contributed by atoms with van der Waals surface area (Å²) in [6.07, 6.45) is 0.787. The van der Waals surface area contributed by atoms with E-state index in [1.165, 1.54) is 4.90 Å². The Morgan fingerprint density at radius 1 is 1.33 bits per heavy atom. The van der Waals surface area contributed by atoms with Crippen LogP contribution < -0.4 is 5.32 Å². The van der Waals surface area contributed by atoms with Gasteiger partial charge >= 0.3 is 6.09 Å². The number of likely N-dealkylation sites (tertiary alicyclic amines) is 1. The van der Waals surface area contributed by atoms with Gasteiger partial charge in [0.05, 0.1) is 11.4 Å². The normalized spacial score (nSPS) is 17.5. The number of carboxylic acid groups (broad SMARTS) is 1. The molecule has 7 nitrogen and oxygen atoms in total. The molecule has 7 heteroatoms. The lowest BCUT2D eigenvalue weighted by Gasteiger charge is -2.30.